The number of hydrogen-bond acceptors (Lipinski definition) is 5. The Balaban J connectivity index is 2.40. The van der Waals surface area contributed by atoms with E-state index in [4.69, 9.17) is 0 Å². The van der Waals surface area contributed by atoms with Crippen LogP contribution in [0, 0.1) is 22.2 Å². The average Bonchev–Trinajstić information content (AvgIpc) is 2.33. The van der Waals surface area contributed by atoms with Crippen molar-refractivity contribution in [1.82, 2.24) is 0 Å². The third-order valence-electron chi connectivity index (χ3n) is 2.71. The van der Waals surface area contributed by atoms with Crippen molar-refractivity contribution in [1.29, 1.82) is 0 Å². The molecule has 17 heavy (non-hydrogen) atoms. The zero-order valence-electron chi connectivity index (χ0n) is 9.46. The smallest absolute Gasteiger partial charge is 0.286 e. The van der Waals surface area contributed by atoms with E-state index in [1.165, 1.54) is 12.1 Å². The molecule has 1 aromatic rings. The molecular formula is C10H13N3O3S. The maximum Gasteiger partial charge on any atom is 0.286 e. The van der Waals surface area contributed by atoms with Gasteiger partial charge in [-0.15, -0.1) is 0 Å². The van der Waals surface area contributed by atoms with Crippen LogP contribution < -0.4 is 9.63 Å². The molecule has 0 saturated carbocycles. The van der Waals surface area contributed by atoms with Crippen molar-refractivity contribution in [3.8, 4) is 0 Å². The number of nitrogens with zero attached hydrogens (tertiary/aromatic N) is 3. The van der Waals surface area contributed by atoms with Crippen LogP contribution in [0.3, 0.4) is 0 Å². The highest BCUT2D eigenvalue weighted by atomic mass is 32.2. The zero-order chi connectivity index (χ0) is 12.4. The van der Waals surface area contributed by atoms with Gasteiger partial charge in [0.1, 0.15) is 11.8 Å². The topological polar surface area (TPSA) is 73.3 Å². The maximum absolute atomic E-state index is 11.9. The van der Waals surface area contributed by atoms with Crippen LogP contribution in [0.2, 0.25) is 0 Å². The van der Waals surface area contributed by atoms with E-state index in [2.05, 4.69) is 0 Å². The second-order valence-electron chi connectivity index (χ2n) is 3.86. The van der Waals surface area contributed by atoms with Crippen LogP contribution in [0.25, 0.3) is 0 Å². The molecule has 1 aliphatic heterocycles. The van der Waals surface area contributed by atoms with Crippen molar-refractivity contribution in [2.24, 2.45) is 0 Å². The molecular weight excluding hydrogens is 242 g/mol. The molecule has 7 heteroatoms. The second-order valence-corrected chi connectivity index (χ2v) is 5.09. The van der Waals surface area contributed by atoms with Gasteiger partial charge in [-0.05, 0) is 6.92 Å². The summed E-state index contributed by atoms with van der Waals surface area (Å²) in [5.74, 6) is 2.28. The number of nitro groups is 1. The molecule has 1 aromatic heterocycles. The SMILES string of the molecule is Cc1cc([N+](=O)[O-])cc(N2CCSCC2)[n+]1[O-]. The third-order valence-corrected chi connectivity index (χ3v) is 3.65. The predicted molar refractivity (Wildman–Crippen MR) is 66.3 cm³/mol. The van der Waals surface area contributed by atoms with Crippen LogP contribution in [-0.2, 0) is 0 Å². The van der Waals surface area contributed by atoms with Gasteiger partial charge in [0.15, 0.2) is 0 Å². The summed E-state index contributed by atoms with van der Waals surface area (Å²) in [6.07, 6.45) is 0. The molecule has 0 atom stereocenters. The molecule has 2 rings (SSSR count). The molecule has 92 valence electrons. The fraction of sp³-hybridized carbons (Fsp3) is 0.500. The molecule has 1 fully saturated rings. The van der Waals surface area contributed by atoms with Crippen molar-refractivity contribution in [3.63, 3.8) is 0 Å². The summed E-state index contributed by atoms with van der Waals surface area (Å²) in [5, 5.41) is 22.7. The van der Waals surface area contributed by atoms with E-state index >= 15 is 0 Å². The van der Waals surface area contributed by atoms with E-state index in [0.29, 0.717) is 11.5 Å². The van der Waals surface area contributed by atoms with Gasteiger partial charge in [-0.25, -0.2) is 4.73 Å². The largest absolute Gasteiger partial charge is 0.710 e. The number of anilines is 1. The first-order valence-electron chi connectivity index (χ1n) is 5.31. The van der Waals surface area contributed by atoms with Crippen molar-refractivity contribution in [2.75, 3.05) is 29.5 Å². The first-order chi connectivity index (χ1) is 8.09. The lowest BCUT2D eigenvalue weighted by Crippen LogP contribution is -2.43. The van der Waals surface area contributed by atoms with Gasteiger partial charge < -0.3 is 5.21 Å². The third kappa shape index (κ3) is 2.44. The predicted octanol–water partition coefficient (Wildman–Crippen LogP) is 1.09. The molecule has 1 aliphatic rings. The van der Waals surface area contributed by atoms with Crippen molar-refractivity contribution in [2.45, 2.75) is 6.92 Å². The minimum Gasteiger partial charge on any atom is -0.710 e. The van der Waals surface area contributed by atoms with E-state index in [1.807, 2.05) is 16.7 Å². The summed E-state index contributed by atoms with van der Waals surface area (Å²) in [4.78, 5) is 12.2. The highest BCUT2D eigenvalue weighted by Crippen LogP contribution is 2.21. The Labute approximate surface area is 103 Å². The normalized spacial score (nSPS) is 15.9. The van der Waals surface area contributed by atoms with Crippen LogP contribution in [-0.4, -0.2) is 29.5 Å². The van der Waals surface area contributed by atoms with Gasteiger partial charge in [0.2, 0.25) is 0 Å². The van der Waals surface area contributed by atoms with E-state index in [-0.39, 0.29) is 5.69 Å². The summed E-state index contributed by atoms with van der Waals surface area (Å²) >= 11 is 1.83. The molecule has 0 aromatic carbocycles. The highest BCUT2D eigenvalue weighted by Gasteiger charge is 2.24. The first kappa shape index (κ1) is 12.0. The Kier molecular flexibility index (Phi) is 3.37. The summed E-state index contributed by atoms with van der Waals surface area (Å²) in [7, 11) is 0. The van der Waals surface area contributed by atoms with Crippen LogP contribution >= 0.6 is 11.8 Å². The Morgan fingerprint density at radius 2 is 2.06 bits per heavy atom. The second kappa shape index (κ2) is 4.79. The van der Waals surface area contributed by atoms with E-state index < -0.39 is 4.92 Å². The first-order valence-corrected chi connectivity index (χ1v) is 6.46. The van der Waals surface area contributed by atoms with Gasteiger partial charge in [0.05, 0.1) is 24.1 Å². The molecule has 0 unspecified atom stereocenters. The molecule has 0 N–H and O–H groups in total. The van der Waals surface area contributed by atoms with Crippen molar-refractivity contribution >= 4 is 23.3 Å². The lowest BCUT2D eigenvalue weighted by atomic mass is 10.3. The minimum atomic E-state index is -0.463. The molecule has 6 nitrogen and oxygen atoms in total. The molecule has 1 saturated heterocycles. The number of hydrogen-bond donors (Lipinski definition) is 0. The van der Waals surface area contributed by atoms with Gasteiger partial charge in [0.25, 0.3) is 11.5 Å². The molecule has 0 spiro atoms. The number of aryl methyl sites for hydroxylation is 1. The molecule has 0 aliphatic carbocycles. The van der Waals surface area contributed by atoms with E-state index in [9.17, 15) is 15.3 Å². The lowest BCUT2D eigenvalue weighted by molar-refractivity contribution is -0.600. The van der Waals surface area contributed by atoms with E-state index in [0.717, 1.165) is 29.3 Å². The highest BCUT2D eigenvalue weighted by molar-refractivity contribution is 7.99. The zero-order valence-corrected chi connectivity index (χ0v) is 10.3. The maximum atomic E-state index is 11.9. The Hall–Kier alpha value is -1.50. The average molecular weight is 255 g/mol. The number of aromatic nitrogens is 1. The van der Waals surface area contributed by atoms with Crippen LogP contribution in [0.4, 0.5) is 11.5 Å². The van der Waals surface area contributed by atoms with Gasteiger partial charge in [-0.3, -0.25) is 15.0 Å². The van der Waals surface area contributed by atoms with Gasteiger partial charge in [-0.2, -0.15) is 11.8 Å². The number of thioether (sulfide) groups is 1. The van der Waals surface area contributed by atoms with Crippen molar-refractivity contribution in [3.05, 3.63) is 33.1 Å². The van der Waals surface area contributed by atoms with Gasteiger partial charge in [0, 0.05) is 11.5 Å². The van der Waals surface area contributed by atoms with Crippen molar-refractivity contribution < 1.29 is 9.65 Å². The van der Waals surface area contributed by atoms with E-state index in [1.54, 1.807) is 6.92 Å². The number of rotatable bonds is 2. The molecule has 0 amide bonds. The molecule has 2 heterocycles. The number of pyridine rings is 1. The fourth-order valence-electron chi connectivity index (χ4n) is 1.80. The summed E-state index contributed by atoms with van der Waals surface area (Å²) < 4.78 is 0.767. The summed E-state index contributed by atoms with van der Waals surface area (Å²) in [6.45, 7) is 3.10. The Morgan fingerprint density at radius 1 is 1.41 bits per heavy atom. The van der Waals surface area contributed by atoms with Gasteiger partial charge >= 0.3 is 0 Å². The Morgan fingerprint density at radius 3 is 2.65 bits per heavy atom. The quantitative estimate of drug-likeness (QED) is 0.342. The summed E-state index contributed by atoms with van der Waals surface area (Å²) in [5.41, 5.74) is 0.329. The van der Waals surface area contributed by atoms with Crippen LogP contribution in [0.15, 0.2) is 12.1 Å². The standard InChI is InChI=1S/C10H13N3O3S/c1-8-6-9(13(15)16)7-10(12(8)14)11-2-4-17-5-3-11/h6-7H,2-5H2,1H3. The fourth-order valence-corrected chi connectivity index (χ4v) is 2.71. The molecule has 0 radical (unpaired) electrons. The molecule has 0 bridgehead atoms. The minimum absolute atomic E-state index is 0.0252. The van der Waals surface area contributed by atoms with Crippen LogP contribution in [0.1, 0.15) is 5.69 Å². The monoisotopic (exact) mass is 255 g/mol. The Bertz CT molecular complexity index is 447. The van der Waals surface area contributed by atoms with Crippen LogP contribution in [0.5, 0.6) is 0 Å². The van der Waals surface area contributed by atoms with Gasteiger partial charge in [-0.1, -0.05) is 0 Å². The lowest BCUT2D eigenvalue weighted by Gasteiger charge is -2.24. The summed E-state index contributed by atoms with van der Waals surface area (Å²) in [6, 6.07) is 2.66.